The van der Waals surface area contributed by atoms with Crippen molar-refractivity contribution in [3.8, 4) is 28.7 Å². The zero-order chi connectivity index (χ0) is 23.2. The fraction of sp³-hybridized carbons (Fsp3) is 0.458. The molecule has 178 valence electrons. The summed E-state index contributed by atoms with van der Waals surface area (Å²) >= 11 is 0. The summed E-state index contributed by atoms with van der Waals surface area (Å²) in [5, 5.41) is 2.98. The van der Waals surface area contributed by atoms with Gasteiger partial charge >= 0.3 is 6.03 Å². The Morgan fingerprint density at radius 1 is 0.970 bits per heavy atom. The zero-order valence-corrected chi connectivity index (χ0v) is 19.3. The van der Waals surface area contributed by atoms with Crippen molar-refractivity contribution in [2.45, 2.75) is 12.6 Å². The van der Waals surface area contributed by atoms with Crippen LogP contribution in [0.3, 0.4) is 0 Å². The zero-order valence-electron chi connectivity index (χ0n) is 19.3. The van der Waals surface area contributed by atoms with Crippen LogP contribution in [-0.2, 0) is 6.54 Å². The first kappa shape index (κ1) is 22.8. The van der Waals surface area contributed by atoms with Crippen LogP contribution in [0.15, 0.2) is 36.4 Å². The van der Waals surface area contributed by atoms with Gasteiger partial charge in [-0.1, -0.05) is 18.2 Å². The first-order valence-corrected chi connectivity index (χ1v) is 11.0. The number of nitrogens with zero attached hydrogens (tertiary/aromatic N) is 2. The van der Waals surface area contributed by atoms with Gasteiger partial charge in [-0.25, -0.2) is 4.79 Å². The summed E-state index contributed by atoms with van der Waals surface area (Å²) in [5.41, 5.74) is 1.02. The number of carbonyl (C=O) groups excluding carboxylic acids is 1. The maximum absolute atomic E-state index is 12.7. The molecule has 0 spiro atoms. The smallest absolute Gasteiger partial charge is 0.317 e. The molecule has 0 saturated carbocycles. The highest BCUT2D eigenvalue weighted by Crippen LogP contribution is 2.40. The lowest BCUT2D eigenvalue weighted by atomic mass is 10.1. The fourth-order valence-corrected chi connectivity index (χ4v) is 4.11. The van der Waals surface area contributed by atoms with E-state index < -0.39 is 0 Å². The summed E-state index contributed by atoms with van der Waals surface area (Å²) in [6.07, 6.45) is -0.206. The predicted octanol–water partition coefficient (Wildman–Crippen LogP) is 2.38. The second-order valence-corrected chi connectivity index (χ2v) is 7.94. The topological polar surface area (TPSA) is 81.7 Å². The Morgan fingerprint density at radius 3 is 2.39 bits per heavy atom. The molecule has 9 heteroatoms. The van der Waals surface area contributed by atoms with E-state index in [9.17, 15) is 4.79 Å². The largest absolute Gasteiger partial charge is 0.493 e. The number of benzene rings is 2. The summed E-state index contributed by atoms with van der Waals surface area (Å²) in [4.78, 5) is 16.8. The fourth-order valence-electron chi connectivity index (χ4n) is 4.11. The SMILES string of the molecule is COc1ccc(CN2CCN(C(=O)NCC3COc4ccccc4O3)CC2)c(OC)c1OC. The Kier molecular flexibility index (Phi) is 7.29. The highest BCUT2D eigenvalue weighted by atomic mass is 16.6. The number of carbonyl (C=O) groups is 1. The molecule has 0 bridgehead atoms. The number of para-hydroxylation sites is 2. The van der Waals surface area contributed by atoms with E-state index in [4.69, 9.17) is 23.7 Å². The monoisotopic (exact) mass is 457 g/mol. The van der Waals surface area contributed by atoms with E-state index in [0.717, 1.165) is 24.4 Å². The standard InChI is InChI=1S/C24H31N3O6/c1-29-21-9-8-17(22(30-2)23(21)31-3)15-26-10-12-27(13-11-26)24(28)25-14-18-16-32-19-6-4-5-7-20(19)33-18/h4-9,18H,10-16H2,1-3H3,(H,25,28). The van der Waals surface area contributed by atoms with Crippen LogP contribution < -0.4 is 29.0 Å². The van der Waals surface area contributed by atoms with Crippen LogP contribution in [0, 0.1) is 0 Å². The summed E-state index contributed by atoms with van der Waals surface area (Å²) in [5.74, 6) is 3.35. The number of hydrogen-bond acceptors (Lipinski definition) is 7. The van der Waals surface area contributed by atoms with Crippen molar-refractivity contribution in [1.82, 2.24) is 15.1 Å². The highest BCUT2D eigenvalue weighted by Gasteiger charge is 2.25. The van der Waals surface area contributed by atoms with Gasteiger partial charge in [0, 0.05) is 38.3 Å². The number of piperazine rings is 1. The molecule has 1 fully saturated rings. The molecular formula is C24H31N3O6. The number of nitrogens with one attached hydrogen (secondary N) is 1. The van der Waals surface area contributed by atoms with Crippen molar-refractivity contribution in [3.05, 3.63) is 42.0 Å². The van der Waals surface area contributed by atoms with E-state index in [1.54, 1.807) is 21.3 Å². The first-order valence-electron chi connectivity index (χ1n) is 11.0. The van der Waals surface area contributed by atoms with Crippen molar-refractivity contribution in [2.75, 3.05) is 60.7 Å². The van der Waals surface area contributed by atoms with Crippen LogP contribution in [-0.4, -0.2) is 82.6 Å². The van der Waals surface area contributed by atoms with E-state index >= 15 is 0 Å². The number of ether oxygens (including phenoxy) is 5. The van der Waals surface area contributed by atoms with Crippen molar-refractivity contribution in [1.29, 1.82) is 0 Å². The summed E-state index contributed by atoms with van der Waals surface area (Å²) < 4.78 is 28.1. The number of urea groups is 1. The van der Waals surface area contributed by atoms with Gasteiger partial charge in [0.1, 0.15) is 6.61 Å². The molecule has 9 nitrogen and oxygen atoms in total. The Labute approximate surface area is 194 Å². The molecule has 0 radical (unpaired) electrons. The third kappa shape index (κ3) is 5.19. The lowest BCUT2D eigenvalue weighted by Gasteiger charge is -2.35. The van der Waals surface area contributed by atoms with Crippen LogP contribution in [0.2, 0.25) is 0 Å². The minimum Gasteiger partial charge on any atom is -0.493 e. The average molecular weight is 458 g/mol. The highest BCUT2D eigenvalue weighted by molar-refractivity contribution is 5.74. The van der Waals surface area contributed by atoms with Gasteiger partial charge in [-0.2, -0.15) is 0 Å². The molecule has 2 amide bonds. The van der Waals surface area contributed by atoms with Crippen molar-refractivity contribution < 1.29 is 28.5 Å². The van der Waals surface area contributed by atoms with Gasteiger partial charge < -0.3 is 33.9 Å². The molecule has 33 heavy (non-hydrogen) atoms. The minimum atomic E-state index is -0.206. The van der Waals surface area contributed by atoms with E-state index in [1.165, 1.54) is 0 Å². The van der Waals surface area contributed by atoms with Crippen molar-refractivity contribution in [2.24, 2.45) is 0 Å². The number of rotatable bonds is 7. The number of fused-ring (bicyclic) bond motifs is 1. The Morgan fingerprint density at radius 2 is 1.70 bits per heavy atom. The Balaban J connectivity index is 1.26. The molecule has 1 unspecified atom stereocenters. The van der Waals surface area contributed by atoms with Gasteiger partial charge in [0.25, 0.3) is 0 Å². The van der Waals surface area contributed by atoms with Crippen molar-refractivity contribution in [3.63, 3.8) is 0 Å². The van der Waals surface area contributed by atoms with E-state index in [0.29, 0.717) is 55.8 Å². The average Bonchev–Trinajstić information content (AvgIpc) is 2.87. The summed E-state index contributed by atoms with van der Waals surface area (Å²) in [6, 6.07) is 11.4. The van der Waals surface area contributed by atoms with Crippen LogP contribution >= 0.6 is 0 Å². The maximum Gasteiger partial charge on any atom is 0.317 e. The van der Waals surface area contributed by atoms with Gasteiger partial charge in [-0.15, -0.1) is 0 Å². The summed E-state index contributed by atoms with van der Waals surface area (Å²) in [7, 11) is 4.83. The molecule has 0 aromatic heterocycles. The summed E-state index contributed by atoms with van der Waals surface area (Å²) in [6.45, 7) is 4.33. The van der Waals surface area contributed by atoms with Crippen LogP contribution in [0.25, 0.3) is 0 Å². The maximum atomic E-state index is 12.7. The van der Waals surface area contributed by atoms with E-state index in [-0.39, 0.29) is 12.1 Å². The van der Waals surface area contributed by atoms with Crippen LogP contribution in [0.4, 0.5) is 4.79 Å². The van der Waals surface area contributed by atoms with Crippen LogP contribution in [0.5, 0.6) is 28.7 Å². The molecule has 2 aliphatic rings. The molecule has 2 heterocycles. The molecule has 1 saturated heterocycles. The van der Waals surface area contributed by atoms with Gasteiger partial charge in [-0.3, -0.25) is 4.90 Å². The second kappa shape index (κ2) is 10.5. The minimum absolute atomic E-state index is 0.0826. The lowest BCUT2D eigenvalue weighted by Crippen LogP contribution is -2.53. The second-order valence-electron chi connectivity index (χ2n) is 7.94. The molecule has 2 aromatic rings. The predicted molar refractivity (Wildman–Crippen MR) is 123 cm³/mol. The van der Waals surface area contributed by atoms with E-state index in [2.05, 4.69) is 10.2 Å². The molecule has 4 rings (SSSR count). The number of hydrogen-bond donors (Lipinski definition) is 1. The van der Waals surface area contributed by atoms with Gasteiger partial charge in [0.05, 0.1) is 27.9 Å². The Hall–Kier alpha value is -3.33. The first-order chi connectivity index (χ1) is 16.1. The third-order valence-corrected chi connectivity index (χ3v) is 5.89. The molecule has 1 N–H and O–H groups in total. The van der Waals surface area contributed by atoms with Gasteiger partial charge in [0.15, 0.2) is 29.1 Å². The lowest BCUT2D eigenvalue weighted by molar-refractivity contribution is 0.0876. The molecule has 2 aromatic carbocycles. The van der Waals surface area contributed by atoms with Gasteiger partial charge in [-0.05, 0) is 18.2 Å². The number of amides is 2. The normalized spacial score (nSPS) is 17.9. The molecule has 0 aliphatic carbocycles. The van der Waals surface area contributed by atoms with Crippen molar-refractivity contribution >= 4 is 6.03 Å². The van der Waals surface area contributed by atoms with Gasteiger partial charge in [0.2, 0.25) is 5.75 Å². The molecular weight excluding hydrogens is 426 g/mol. The number of methoxy groups -OCH3 is 3. The molecule has 2 aliphatic heterocycles. The third-order valence-electron chi connectivity index (χ3n) is 5.89. The Bertz CT molecular complexity index is 961. The quantitative estimate of drug-likeness (QED) is 0.684. The van der Waals surface area contributed by atoms with E-state index in [1.807, 2.05) is 41.3 Å². The molecule has 1 atom stereocenters. The van der Waals surface area contributed by atoms with Crippen LogP contribution in [0.1, 0.15) is 5.56 Å².